The third kappa shape index (κ3) is 5.41. The van der Waals surface area contributed by atoms with Gasteiger partial charge in [-0.2, -0.15) is 5.26 Å². The van der Waals surface area contributed by atoms with Crippen LogP contribution in [-0.4, -0.2) is 49.2 Å². The van der Waals surface area contributed by atoms with Gasteiger partial charge in [0.05, 0.1) is 11.6 Å². The Balaban J connectivity index is 1.21. The van der Waals surface area contributed by atoms with Gasteiger partial charge in [-0.15, -0.1) is 0 Å². The quantitative estimate of drug-likeness (QED) is 0.732. The van der Waals surface area contributed by atoms with Gasteiger partial charge in [0.1, 0.15) is 0 Å². The van der Waals surface area contributed by atoms with Crippen LogP contribution in [0.4, 0.5) is 10.5 Å². The van der Waals surface area contributed by atoms with Crippen molar-refractivity contribution in [2.45, 2.75) is 51.2 Å². The molecular formula is C26H33N5O. The number of hydrogen-bond acceptors (Lipinski definition) is 4. The zero-order valence-corrected chi connectivity index (χ0v) is 18.9. The summed E-state index contributed by atoms with van der Waals surface area (Å²) in [4.78, 5) is 17.4. The summed E-state index contributed by atoms with van der Waals surface area (Å²) in [7, 11) is 0. The molecule has 0 spiro atoms. The maximum Gasteiger partial charge on any atom is 0.315 e. The minimum atomic E-state index is -0.0577. The molecule has 0 aliphatic carbocycles. The molecule has 6 nitrogen and oxygen atoms in total. The van der Waals surface area contributed by atoms with E-state index in [1.54, 1.807) is 0 Å². The summed E-state index contributed by atoms with van der Waals surface area (Å²) in [5, 5.41) is 15.2. The normalized spacial score (nSPS) is 17.8. The van der Waals surface area contributed by atoms with Crippen LogP contribution in [-0.2, 0) is 13.0 Å². The van der Waals surface area contributed by atoms with Gasteiger partial charge in [0.15, 0.2) is 0 Å². The molecule has 1 fully saturated rings. The van der Waals surface area contributed by atoms with Crippen molar-refractivity contribution in [1.82, 2.24) is 15.5 Å². The molecule has 6 heteroatoms. The molecule has 4 rings (SSSR count). The van der Waals surface area contributed by atoms with E-state index in [1.807, 2.05) is 24.3 Å². The number of urea groups is 1. The van der Waals surface area contributed by atoms with E-state index in [0.29, 0.717) is 18.2 Å². The van der Waals surface area contributed by atoms with Crippen molar-refractivity contribution in [1.29, 1.82) is 5.26 Å². The minimum absolute atomic E-state index is 0.0577. The Kier molecular flexibility index (Phi) is 7.28. The fraction of sp³-hybridized carbons (Fsp3) is 0.462. The Bertz CT molecular complexity index is 943. The third-order valence-corrected chi connectivity index (χ3v) is 6.84. The summed E-state index contributed by atoms with van der Waals surface area (Å²) < 4.78 is 0. The molecule has 32 heavy (non-hydrogen) atoms. The summed E-state index contributed by atoms with van der Waals surface area (Å²) >= 11 is 0. The van der Waals surface area contributed by atoms with Crippen LogP contribution in [0.15, 0.2) is 48.5 Å². The van der Waals surface area contributed by atoms with Crippen molar-refractivity contribution in [2.75, 3.05) is 31.1 Å². The predicted molar refractivity (Wildman–Crippen MR) is 128 cm³/mol. The summed E-state index contributed by atoms with van der Waals surface area (Å²) in [6.45, 7) is 6.69. The van der Waals surface area contributed by atoms with Crippen LogP contribution in [0.3, 0.4) is 0 Å². The highest BCUT2D eigenvalue weighted by molar-refractivity contribution is 5.74. The van der Waals surface area contributed by atoms with E-state index in [1.165, 1.54) is 11.1 Å². The molecule has 2 aromatic rings. The van der Waals surface area contributed by atoms with Gasteiger partial charge in [-0.25, -0.2) is 4.79 Å². The average Bonchev–Trinajstić information content (AvgIpc) is 2.85. The monoisotopic (exact) mass is 431 g/mol. The predicted octanol–water partition coefficient (Wildman–Crippen LogP) is 3.66. The molecule has 2 N–H and O–H groups in total. The van der Waals surface area contributed by atoms with E-state index in [2.05, 4.69) is 57.7 Å². The Morgan fingerprint density at radius 1 is 1.09 bits per heavy atom. The van der Waals surface area contributed by atoms with Gasteiger partial charge in [0.25, 0.3) is 0 Å². The largest absolute Gasteiger partial charge is 0.371 e. The Morgan fingerprint density at radius 3 is 2.50 bits per heavy atom. The Labute approximate surface area is 191 Å². The fourth-order valence-electron chi connectivity index (χ4n) is 4.84. The highest BCUT2D eigenvalue weighted by atomic mass is 16.2. The maximum absolute atomic E-state index is 12.5. The van der Waals surface area contributed by atoms with Gasteiger partial charge < -0.3 is 15.5 Å². The Morgan fingerprint density at radius 2 is 1.81 bits per heavy atom. The lowest BCUT2D eigenvalue weighted by atomic mass is 9.98. The molecule has 0 bridgehead atoms. The second-order valence-corrected chi connectivity index (χ2v) is 8.83. The molecule has 2 aromatic carbocycles. The first-order chi connectivity index (χ1) is 15.7. The average molecular weight is 432 g/mol. The fourth-order valence-corrected chi connectivity index (χ4v) is 4.84. The lowest BCUT2D eigenvalue weighted by Gasteiger charge is -2.36. The van der Waals surface area contributed by atoms with E-state index in [-0.39, 0.29) is 12.1 Å². The minimum Gasteiger partial charge on any atom is -0.371 e. The van der Waals surface area contributed by atoms with E-state index >= 15 is 0 Å². The van der Waals surface area contributed by atoms with Crippen molar-refractivity contribution in [3.8, 4) is 6.07 Å². The number of benzene rings is 2. The number of nitrogens with one attached hydrogen (secondary N) is 2. The first-order valence-corrected chi connectivity index (χ1v) is 11.8. The van der Waals surface area contributed by atoms with Crippen molar-refractivity contribution in [2.24, 2.45) is 0 Å². The van der Waals surface area contributed by atoms with E-state index in [4.69, 9.17) is 5.26 Å². The molecule has 168 valence electrons. The molecular weight excluding hydrogens is 398 g/mol. The second kappa shape index (κ2) is 10.5. The third-order valence-electron chi connectivity index (χ3n) is 6.84. The van der Waals surface area contributed by atoms with E-state index < -0.39 is 0 Å². The topological polar surface area (TPSA) is 71.4 Å². The molecule has 2 aliphatic heterocycles. The number of hydrogen-bond donors (Lipinski definition) is 2. The SMILES string of the molecule is CCC(CNC(=O)NC1CCN(c2ccc(C#N)cc2)CC1)N1CCc2ccccc2C1. The number of nitrogens with zero attached hydrogens (tertiary/aromatic N) is 3. The van der Waals surface area contributed by atoms with E-state index in [9.17, 15) is 4.79 Å². The molecule has 0 radical (unpaired) electrons. The first-order valence-electron chi connectivity index (χ1n) is 11.8. The van der Waals surface area contributed by atoms with Crippen LogP contribution in [0.1, 0.15) is 42.9 Å². The number of nitriles is 1. The molecule has 2 heterocycles. The highest BCUT2D eigenvalue weighted by Crippen LogP contribution is 2.22. The molecule has 1 unspecified atom stereocenters. The smallest absolute Gasteiger partial charge is 0.315 e. The molecule has 2 aliphatic rings. The van der Waals surface area contributed by atoms with Gasteiger partial charge in [0.2, 0.25) is 0 Å². The number of piperidine rings is 1. The summed E-state index contributed by atoms with van der Waals surface area (Å²) in [6.07, 6.45) is 3.95. The molecule has 1 atom stereocenters. The van der Waals surface area contributed by atoms with Crippen LogP contribution in [0.5, 0.6) is 0 Å². The van der Waals surface area contributed by atoms with Crippen LogP contribution in [0.2, 0.25) is 0 Å². The lowest BCUT2D eigenvalue weighted by molar-refractivity contribution is 0.168. The summed E-state index contributed by atoms with van der Waals surface area (Å²) in [6, 6.07) is 19.1. The van der Waals surface area contributed by atoms with Gasteiger partial charge in [-0.05, 0) is 61.1 Å². The Hall–Kier alpha value is -3.04. The van der Waals surface area contributed by atoms with Crippen LogP contribution < -0.4 is 15.5 Å². The van der Waals surface area contributed by atoms with Crippen molar-refractivity contribution < 1.29 is 4.79 Å². The van der Waals surface area contributed by atoms with Crippen LogP contribution in [0, 0.1) is 11.3 Å². The summed E-state index contributed by atoms with van der Waals surface area (Å²) in [5.41, 5.74) is 4.69. The molecule has 0 saturated carbocycles. The number of carbonyl (C=O) groups is 1. The number of carbonyl (C=O) groups excluding carboxylic acids is 1. The second-order valence-electron chi connectivity index (χ2n) is 8.83. The standard InChI is InChI=1S/C26H33N5O/c1-2-24(31-14-11-21-5-3-4-6-22(21)19-31)18-28-26(32)29-23-12-15-30(16-13-23)25-9-7-20(17-27)8-10-25/h3-10,23-24H,2,11-16,18-19H2,1H3,(H2,28,29,32). The molecule has 0 aromatic heterocycles. The van der Waals surface area contributed by atoms with E-state index in [0.717, 1.165) is 57.5 Å². The number of anilines is 1. The zero-order valence-electron chi connectivity index (χ0n) is 18.9. The summed E-state index contributed by atoms with van der Waals surface area (Å²) in [5.74, 6) is 0. The number of fused-ring (bicyclic) bond motifs is 1. The zero-order chi connectivity index (χ0) is 22.3. The number of amides is 2. The first kappa shape index (κ1) is 22.2. The molecule has 1 saturated heterocycles. The highest BCUT2D eigenvalue weighted by Gasteiger charge is 2.24. The van der Waals surface area contributed by atoms with Crippen molar-refractivity contribution >= 4 is 11.7 Å². The lowest BCUT2D eigenvalue weighted by Crippen LogP contribution is -2.51. The van der Waals surface area contributed by atoms with Gasteiger partial charge in [-0.1, -0.05) is 31.2 Å². The van der Waals surface area contributed by atoms with Crippen molar-refractivity contribution in [3.05, 3.63) is 65.2 Å². The number of rotatable bonds is 6. The van der Waals surface area contributed by atoms with Gasteiger partial charge >= 0.3 is 6.03 Å². The maximum atomic E-state index is 12.5. The molecule has 2 amide bonds. The van der Waals surface area contributed by atoms with Gasteiger partial charge in [-0.3, -0.25) is 4.90 Å². The van der Waals surface area contributed by atoms with Gasteiger partial charge in [0, 0.05) is 50.5 Å². The van der Waals surface area contributed by atoms with Crippen LogP contribution in [0.25, 0.3) is 0 Å². The van der Waals surface area contributed by atoms with Crippen LogP contribution >= 0.6 is 0 Å². The van der Waals surface area contributed by atoms with Crippen molar-refractivity contribution in [3.63, 3.8) is 0 Å².